The van der Waals surface area contributed by atoms with Gasteiger partial charge >= 0.3 is 5.97 Å². The molecule has 0 aromatic heterocycles. The zero-order valence-corrected chi connectivity index (χ0v) is 22.3. The number of Topliss-reactive ketones (excluding diaryl/α,β-unsaturated/α-hetero) is 1. The lowest BCUT2D eigenvalue weighted by molar-refractivity contribution is -0.140. The molecule has 8 heteroatoms. The molecule has 1 unspecified atom stereocenters. The van der Waals surface area contributed by atoms with Gasteiger partial charge in [0.1, 0.15) is 17.3 Å². The van der Waals surface area contributed by atoms with Crippen LogP contribution >= 0.6 is 0 Å². The number of aryl methyl sites for hydroxylation is 1. The second-order valence-corrected chi connectivity index (χ2v) is 9.89. The predicted molar refractivity (Wildman–Crippen MR) is 145 cm³/mol. The molecule has 202 valence electrons. The fraction of sp³-hybridized carbons (Fsp3) is 0.258. The first-order valence-electron chi connectivity index (χ1n) is 12.6. The number of nitrogens with zero attached hydrogens (tertiary/aromatic N) is 1. The topological polar surface area (TPSA) is 113 Å². The van der Waals surface area contributed by atoms with Crippen LogP contribution < -0.4 is 4.74 Å². The molecule has 1 aliphatic rings. The van der Waals surface area contributed by atoms with Gasteiger partial charge in [0.2, 0.25) is 0 Å². The smallest absolute Gasteiger partial charge is 0.337 e. The van der Waals surface area contributed by atoms with Crippen LogP contribution in [0.3, 0.4) is 0 Å². The highest BCUT2D eigenvalue weighted by atomic mass is 16.5. The monoisotopic (exact) mass is 529 g/mol. The number of amides is 1. The molecule has 2 N–H and O–H groups in total. The molecular weight excluding hydrogens is 498 g/mol. The molecule has 0 aliphatic carbocycles. The number of hydrogen-bond acceptors (Lipinski definition) is 7. The van der Waals surface area contributed by atoms with Crippen molar-refractivity contribution < 1.29 is 34.1 Å². The number of ether oxygens (including phenoxy) is 2. The molecule has 1 fully saturated rings. The molecule has 39 heavy (non-hydrogen) atoms. The minimum absolute atomic E-state index is 0.0294. The lowest BCUT2D eigenvalue weighted by Gasteiger charge is -2.25. The van der Waals surface area contributed by atoms with Crippen LogP contribution in [0, 0.1) is 12.8 Å². The third kappa shape index (κ3) is 5.80. The number of esters is 1. The molecule has 0 saturated carbocycles. The fourth-order valence-electron chi connectivity index (χ4n) is 4.48. The Balaban J connectivity index is 1.75. The Morgan fingerprint density at radius 2 is 1.62 bits per heavy atom. The van der Waals surface area contributed by atoms with Gasteiger partial charge in [-0.15, -0.1) is 0 Å². The van der Waals surface area contributed by atoms with Crippen LogP contribution in [0.2, 0.25) is 0 Å². The number of carbonyl (C=O) groups excluding carboxylic acids is 3. The zero-order valence-electron chi connectivity index (χ0n) is 22.3. The molecule has 1 heterocycles. The van der Waals surface area contributed by atoms with Gasteiger partial charge in [0.15, 0.2) is 0 Å². The number of aromatic hydroxyl groups is 1. The Bertz CT molecular complexity index is 1420. The number of hydrogen-bond donors (Lipinski definition) is 2. The lowest BCUT2D eigenvalue weighted by Crippen LogP contribution is -2.29. The van der Waals surface area contributed by atoms with Crippen LogP contribution in [-0.2, 0) is 20.9 Å². The van der Waals surface area contributed by atoms with Gasteiger partial charge in [-0.2, -0.15) is 0 Å². The summed E-state index contributed by atoms with van der Waals surface area (Å²) < 4.78 is 10.6. The van der Waals surface area contributed by atoms with Crippen molar-refractivity contribution in [2.24, 2.45) is 5.92 Å². The first-order chi connectivity index (χ1) is 18.6. The summed E-state index contributed by atoms with van der Waals surface area (Å²) >= 11 is 0. The van der Waals surface area contributed by atoms with Crippen LogP contribution in [0.25, 0.3) is 5.76 Å². The van der Waals surface area contributed by atoms with Crippen molar-refractivity contribution in [2.45, 2.75) is 33.4 Å². The average molecular weight is 530 g/mol. The van der Waals surface area contributed by atoms with Crippen LogP contribution in [-0.4, -0.2) is 46.5 Å². The standard InChI is InChI=1S/C31H31NO7/c1-18(2)17-39-25-14-11-23(15-19(25)3)28(34)26-27(21-9-12-24(33)13-10-21)32(30(36)29(26)35)16-20-5-7-22(8-6-20)31(37)38-4/h5-15,18,27,33-34H,16-17H2,1-4H3/b28-26-. The quantitative estimate of drug-likeness (QED) is 0.180. The van der Waals surface area contributed by atoms with E-state index >= 15 is 0 Å². The third-order valence-corrected chi connectivity index (χ3v) is 6.50. The van der Waals surface area contributed by atoms with Crippen molar-refractivity contribution in [3.63, 3.8) is 0 Å². The molecule has 1 aliphatic heterocycles. The van der Waals surface area contributed by atoms with Crippen molar-refractivity contribution >= 4 is 23.4 Å². The number of rotatable bonds is 8. The van der Waals surface area contributed by atoms with E-state index in [0.717, 1.165) is 5.56 Å². The first-order valence-corrected chi connectivity index (χ1v) is 12.6. The van der Waals surface area contributed by atoms with Gasteiger partial charge in [0, 0.05) is 12.1 Å². The second-order valence-electron chi connectivity index (χ2n) is 9.89. The van der Waals surface area contributed by atoms with Gasteiger partial charge in [0.25, 0.3) is 11.7 Å². The highest BCUT2D eigenvalue weighted by Gasteiger charge is 2.46. The van der Waals surface area contributed by atoms with Crippen molar-refractivity contribution in [3.8, 4) is 11.5 Å². The third-order valence-electron chi connectivity index (χ3n) is 6.50. The maximum atomic E-state index is 13.3. The Labute approximate surface area is 227 Å². The number of aliphatic hydroxyl groups excluding tert-OH is 1. The molecule has 3 aromatic rings. The number of phenols is 1. The summed E-state index contributed by atoms with van der Waals surface area (Å²) in [7, 11) is 1.29. The van der Waals surface area contributed by atoms with E-state index in [1.54, 1.807) is 54.6 Å². The van der Waals surface area contributed by atoms with E-state index in [2.05, 4.69) is 0 Å². The van der Waals surface area contributed by atoms with Crippen LogP contribution in [0.4, 0.5) is 0 Å². The second kappa shape index (κ2) is 11.4. The Kier molecular flexibility index (Phi) is 8.04. The van der Waals surface area contributed by atoms with E-state index in [1.165, 1.54) is 24.1 Å². The molecule has 1 amide bonds. The molecule has 0 bridgehead atoms. The van der Waals surface area contributed by atoms with Gasteiger partial charge < -0.3 is 24.6 Å². The molecule has 4 rings (SSSR count). The van der Waals surface area contributed by atoms with Gasteiger partial charge in [-0.3, -0.25) is 9.59 Å². The van der Waals surface area contributed by atoms with Crippen molar-refractivity contribution in [1.29, 1.82) is 0 Å². The summed E-state index contributed by atoms with van der Waals surface area (Å²) in [6.07, 6.45) is 0. The molecule has 3 aromatic carbocycles. The largest absolute Gasteiger partial charge is 0.508 e. The molecule has 1 saturated heterocycles. The van der Waals surface area contributed by atoms with E-state index in [0.29, 0.717) is 40.5 Å². The maximum Gasteiger partial charge on any atom is 0.337 e. The van der Waals surface area contributed by atoms with Crippen LogP contribution in [0.5, 0.6) is 11.5 Å². The Morgan fingerprint density at radius 3 is 2.21 bits per heavy atom. The summed E-state index contributed by atoms with van der Waals surface area (Å²) in [5, 5.41) is 21.2. The van der Waals surface area contributed by atoms with Gasteiger partial charge in [0.05, 0.1) is 30.9 Å². The van der Waals surface area contributed by atoms with Crippen LogP contribution in [0.15, 0.2) is 72.3 Å². The number of phenolic OH excluding ortho intramolecular Hbond substituents is 1. The Hall–Kier alpha value is -4.59. The number of ketones is 1. The van der Waals surface area contributed by atoms with E-state index in [4.69, 9.17) is 9.47 Å². The van der Waals surface area contributed by atoms with E-state index in [-0.39, 0.29) is 23.6 Å². The summed E-state index contributed by atoms with van der Waals surface area (Å²) in [5.41, 5.74) is 2.69. The van der Waals surface area contributed by atoms with E-state index < -0.39 is 23.7 Å². The lowest BCUT2D eigenvalue weighted by atomic mass is 9.94. The number of benzene rings is 3. The molecule has 0 spiro atoms. The molecule has 0 radical (unpaired) electrons. The van der Waals surface area contributed by atoms with Gasteiger partial charge in [-0.1, -0.05) is 38.1 Å². The van der Waals surface area contributed by atoms with Crippen molar-refractivity contribution in [2.75, 3.05) is 13.7 Å². The molecule has 1 atom stereocenters. The number of carbonyl (C=O) groups is 3. The summed E-state index contributed by atoms with van der Waals surface area (Å²) in [6.45, 7) is 6.53. The van der Waals surface area contributed by atoms with Gasteiger partial charge in [-0.25, -0.2) is 4.79 Å². The highest BCUT2D eigenvalue weighted by Crippen LogP contribution is 2.41. The SMILES string of the molecule is COC(=O)c1ccc(CN2C(=O)C(=O)/C(=C(\O)c3ccc(OCC(C)C)c(C)c3)C2c2ccc(O)cc2)cc1. The van der Waals surface area contributed by atoms with Crippen molar-refractivity contribution in [3.05, 3.63) is 100 Å². The van der Waals surface area contributed by atoms with Gasteiger partial charge in [-0.05, 0) is 72.0 Å². The number of methoxy groups -OCH3 is 1. The van der Waals surface area contributed by atoms with Crippen LogP contribution in [0.1, 0.15) is 52.5 Å². The minimum Gasteiger partial charge on any atom is -0.508 e. The van der Waals surface area contributed by atoms with E-state index in [1.807, 2.05) is 20.8 Å². The molecular formula is C31H31NO7. The summed E-state index contributed by atoms with van der Waals surface area (Å²) in [5.74, 6) is -1.31. The zero-order chi connectivity index (χ0) is 28.3. The average Bonchev–Trinajstić information content (AvgIpc) is 3.17. The van der Waals surface area contributed by atoms with Crippen molar-refractivity contribution in [1.82, 2.24) is 4.90 Å². The first kappa shape index (κ1) is 27.4. The summed E-state index contributed by atoms with van der Waals surface area (Å²) in [4.78, 5) is 39.8. The molecule has 8 nitrogen and oxygen atoms in total. The Morgan fingerprint density at radius 1 is 0.974 bits per heavy atom. The number of aliphatic hydroxyl groups is 1. The predicted octanol–water partition coefficient (Wildman–Crippen LogP) is 5.14. The van der Waals surface area contributed by atoms with E-state index in [9.17, 15) is 24.6 Å². The number of likely N-dealkylation sites (tertiary alicyclic amines) is 1. The minimum atomic E-state index is -0.900. The highest BCUT2D eigenvalue weighted by molar-refractivity contribution is 6.46. The maximum absolute atomic E-state index is 13.3. The summed E-state index contributed by atoms with van der Waals surface area (Å²) in [6, 6.07) is 16.9. The fourth-order valence-corrected chi connectivity index (χ4v) is 4.48. The normalized spacial score (nSPS) is 16.5.